The van der Waals surface area contributed by atoms with Crippen molar-refractivity contribution < 1.29 is 9.47 Å². The summed E-state index contributed by atoms with van der Waals surface area (Å²) in [7, 11) is 3.46. The normalized spacial score (nSPS) is 15.4. The van der Waals surface area contributed by atoms with Gasteiger partial charge < -0.3 is 9.47 Å². The van der Waals surface area contributed by atoms with Gasteiger partial charge in [-0.3, -0.25) is 0 Å². The maximum Gasteiger partial charge on any atom is 0.126 e. The standard InChI is InChI=1S/C22H38O2/c1-7-9-11-13-17-21(3,23-5)19-15-16-20-22(4,24-6)18-14-12-10-8-2/h7-14,17-18H2,1-6H3. The quantitative estimate of drug-likeness (QED) is 0.334. The summed E-state index contributed by atoms with van der Waals surface area (Å²) in [5.74, 6) is 12.4. The average molecular weight is 335 g/mol. The van der Waals surface area contributed by atoms with Crippen molar-refractivity contribution in [3.8, 4) is 23.7 Å². The highest BCUT2D eigenvalue weighted by Gasteiger charge is 2.20. The predicted molar refractivity (Wildman–Crippen MR) is 104 cm³/mol. The average Bonchev–Trinajstić information content (AvgIpc) is 2.60. The summed E-state index contributed by atoms with van der Waals surface area (Å²) < 4.78 is 11.2. The Hall–Kier alpha value is -0.960. The van der Waals surface area contributed by atoms with Crippen LogP contribution in [0.5, 0.6) is 0 Å². The molecule has 2 nitrogen and oxygen atoms in total. The summed E-state index contributed by atoms with van der Waals surface area (Å²) in [5, 5.41) is 0. The summed E-state index contributed by atoms with van der Waals surface area (Å²) >= 11 is 0. The molecular formula is C22H38O2. The van der Waals surface area contributed by atoms with Gasteiger partial charge in [0.25, 0.3) is 0 Å². The lowest BCUT2D eigenvalue weighted by atomic mass is 9.97. The predicted octanol–water partition coefficient (Wildman–Crippen LogP) is 5.74. The third-order valence-electron chi connectivity index (χ3n) is 4.63. The fourth-order valence-corrected chi connectivity index (χ4v) is 2.54. The van der Waals surface area contributed by atoms with Gasteiger partial charge in [-0.1, -0.05) is 64.2 Å². The highest BCUT2D eigenvalue weighted by molar-refractivity contribution is 5.32. The monoisotopic (exact) mass is 334 g/mol. The molecular weight excluding hydrogens is 296 g/mol. The zero-order valence-corrected chi connectivity index (χ0v) is 16.9. The first-order valence-electron chi connectivity index (χ1n) is 9.60. The van der Waals surface area contributed by atoms with E-state index in [1.165, 1.54) is 38.5 Å². The van der Waals surface area contributed by atoms with E-state index in [9.17, 15) is 0 Å². The van der Waals surface area contributed by atoms with Crippen LogP contribution in [0.4, 0.5) is 0 Å². The van der Waals surface area contributed by atoms with E-state index in [0.717, 1.165) is 25.7 Å². The largest absolute Gasteiger partial charge is 0.366 e. The first-order chi connectivity index (χ1) is 11.4. The smallest absolute Gasteiger partial charge is 0.126 e. The van der Waals surface area contributed by atoms with E-state index in [4.69, 9.17) is 9.47 Å². The lowest BCUT2D eigenvalue weighted by Gasteiger charge is -2.22. The molecule has 0 rings (SSSR count). The summed E-state index contributed by atoms with van der Waals surface area (Å²) in [6, 6.07) is 0. The molecule has 2 atom stereocenters. The molecule has 0 bridgehead atoms. The van der Waals surface area contributed by atoms with Crippen molar-refractivity contribution in [1.82, 2.24) is 0 Å². The van der Waals surface area contributed by atoms with Gasteiger partial charge in [0.1, 0.15) is 11.2 Å². The van der Waals surface area contributed by atoms with Crippen LogP contribution in [0.15, 0.2) is 0 Å². The van der Waals surface area contributed by atoms with Crippen LogP contribution in [0, 0.1) is 23.7 Å². The van der Waals surface area contributed by atoms with Gasteiger partial charge in [0.05, 0.1) is 0 Å². The van der Waals surface area contributed by atoms with Crippen LogP contribution in [0.1, 0.15) is 91.9 Å². The Kier molecular flexibility index (Phi) is 12.8. The number of ether oxygens (including phenoxy) is 2. The van der Waals surface area contributed by atoms with Gasteiger partial charge in [0.15, 0.2) is 0 Å². The van der Waals surface area contributed by atoms with Crippen LogP contribution in [-0.4, -0.2) is 25.4 Å². The van der Waals surface area contributed by atoms with Crippen molar-refractivity contribution >= 4 is 0 Å². The van der Waals surface area contributed by atoms with Gasteiger partial charge in [0.2, 0.25) is 0 Å². The van der Waals surface area contributed by atoms with E-state index in [-0.39, 0.29) is 0 Å². The summed E-state index contributed by atoms with van der Waals surface area (Å²) in [6.45, 7) is 8.54. The minimum absolute atomic E-state index is 0.396. The zero-order chi connectivity index (χ0) is 18.3. The van der Waals surface area contributed by atoms with Crippen molar-refractivity contribution in [3.63, 3.8) is 0 Å². The van der Waals surface area contributed by atoms with Gasteiger partial charge in [-0.25, -0.2) is 0 Å². The number of methoxy groups -OCH3 is 2. The van der Waals surface area contributed by atoms with Crippen LogP contribution in [0.25, 0.3) is 0 Å². The molecule has 0 aromatic rings. The molecule has 0 heterocycles. The molecule has 24 heavy (non-hydrogen) atoms. The molecule has 0 aliphatic heterocycles. The third-order valence-corrected chi connectivity index (χ3v) is 4.63. The van der Waals surface area contributed by atoms with E-state index in [2.05, 4.69) is 37.5 Å². The topological polar surface area (TPSA) is 18.5 Å². The molecule has 0 aliphatic carbocycles. The fraction of sp³-hybridized carbons (Fsp3) is 0.818. The second-order valence-electron chi connectivity index (χ2n) is 6.99. The molecule has 0 aromatic carbocycles. The Morgan fingerprint density at radius 1 is 0.625 bits per heavy atom. The van der Waals surface area contributed by atoms with Crippen molar-refractivity contribution in [2.75, 3.05) is 14.2 Å². The fourth-order valence-electron chi connectivity index (χ4n) is 2.54. The van der Waals surface area contributed by atoms with Crippen molar-refractivity contribution in [2.45, 2.75) is 103 Å². The number of hydrogen-bond donors (Lipinski definition) is 0. The molecule has 0 N–H and O–H groups in total. The minimum Gasteiger partial charge on any atom is -0.366 e. The van der Waals surface area contributed by atoms with Crippen LogP contribution >= 0.6 is 0 Å². The van der Waals surface area contributed by atoms with Gasteiger partial charge >= 0.3 is 0 Å². The number of rotatable bonds is 12. The van der Waals surface area contributed by atoms with Gasteiger partial charge in [-0.15, -0.1) is 0 Å². The molecule has 0 saturated heterocycles. The second kappa shape index (κ2) is 13.3. The maximum atomic E-state index is 5.60. The van der Waals surface area contributed by atoms with E-state index in [1.807, 2.05) is 13.8 Å². The van der Waals surface area contributed by atoms with E-state index in [1.54, 1.807) is 14.2 Å². The Morgan fingerprint density at radius 2 is 1.00 bits per heavy atom. The van der Waals surface area contributed by atoms with E-state index in [0.29, 0.717) is 0 Å². The molecule has 0 spiro atoms. The molecule has 2 unspecified atom stereocenters. The highest BCUT2D eigenvalue weighted by atomic mass is 16.5. The maximum absolute atomic E-state index is 5.60. The summed E-state index contributed by atoms with van der Waals surface area (Å²) in [4.78, 5) is 0. The van der Waals surface area contributed by atoms with Crippen LogP contribution in [0.3, 0.4) is 0 Å². The second-order valence-corrected chi connectivity index (χ2v) is 6.99. The molecule has 138 valence electrons. The van der Waals surface area contributed by atoms with Crippen molar-refractivity contribution in [2.24, 2.45) is 0 Å². The molecule has 0 aliphatic rings. The number of hydrogen-bond acceptors (Lipinski definition) is 2. The Bertz CT molecular complexity index is 392. The van der Waals surface area contributed by atoms with Gasteiger partial charge in [0, 0.05) is 14.2 Å². The first kappa shape index (κ1) is 23.0. The molecule has 0 saturated carbocycles. The van der Waals surface area contributed by atoms with Crippen LogP contribution < -0.4 is 0 Å². The molecule has 0 fully saturated rings. The van der Waals surface area contributed by atoms with E-state index < -0.39 is 11.2 Å². The lowest BCUT2D eigenvalue weighted by molar-refractivity contribution is 0.0471. The van der Waals surface area contributed by atoms with Crippen LogP contribution in [0.2, 0.25) is 0 Å². The summed E-state index contributed by atoms with van der Waals surface area (Å²) in [6.07, 6.45) is 11.7. The molecule has 0 aromatic heterocycles. The summed E-state index contributed by atoms with van der Waals surface area (Å²) in [5.41, 5.74) is -0.792. The van der Waals surface area contributed by atoms with Gasteiger partial charge in [-0.2, -0.15) is 0 Å². The van der Waals surface area contributed by atoms with E-state index >= 15 is 0 Å². The lowest BCUT2D eigenvalue weighted by Crippen LogP contribution is -2.25. The van der Waals surface area contributed by atoms with Crippen molar-refractivity contribution in [3.05, 3.63) is 0 Å². The van der Waals surface area contributed by atoms with Gasteiger partial charge in [-0.05, 0) is 51.4 Å². The van der Waals surface area contributed by atoms with Crippen molar-refractivity contribution in [1.29, 1.82) is 0 Å². The minimum atomic E-state index is -0.396. The first-order valence-corrected chi connectivity index (χ1v) is 9.60. The van der Waals surface area contributed by atoms with Crippen LogP contribution in [-0.2, 0) is 9.47 Å². The molecule has 0 amide bonds. The Labute approximate surface area is 151 Å². The number of unbranched alkanes of at least 4 members (excludes halogenated alkanes) is 6. The third kappa shape index (κ3) is 10.7. The molecule has 2 heteroatoms. The molecule has 0 radical (unpaired) electrons. The SMILES string of the molecule is CCCCCCC(C)(C#CC#CC(C)(CCCCCC)OC)OC. The highest BCUT2D eigenvalue weighted by Crippen LogP contribution is 2.19. The Balaban J connectivity index is 4.60. The Morgan fingerprint density at radius 3 is 1.29 bits per heavy atom. The zero-order valence-electron chi connectivity index (χ0n) is 16.9.